The van der Waals surface area contributed by atoms with Gasteiger partial charge in [0.05, 0.1) is 7.11 Å². The van der Waals surface area contributed by atoms with E-state index in [1.807, 2.05) is 0 Å². The first-order valence-electron chi connectivity index (χ1n) is 6.02. The predicted molar refractivity (Wildman–Crippen MR) is 71.6 cm³/mol. The van der Waals surface area contributed by atoms with Gasteiger partial charge >= 0.3 is 5.97 Å². The molecular formula is C14H17NO5. The highest BCUT2D eigenvalue weighted by Gasteiger charge is 2.20. The molecule has 1 N–H and O–H groups in total. The van der Waals surface area contributed by atoms with Gasteiger partial charge in [-0.1, -0.05) is 0 Å². The lowest BCUT2D eigenvalue weighted by atomic mass is 10.1. The molecule has 0 aliphatic heterocycles. The van der Waals surface area contributed by atoms with Crippen molar-refractivity contribution in [1.82, 2.24) is 5.32 Å². The summed E-state index contributed by atoms with van der Waals surface area (Å²) in [4.78, 5) is 33.6. The summed E-state index contributed by atoms with van der Waals surface area (Å²) < 4.78 is 9.97. The van der Waals surface area contributed by atoms with Crippen LogP contribution < -0.4 is 10.1 Å². The minimum absolute atomic E-state index is 0.0396. The molecule has 6 heteroatoms. The fraction of sp³-hybridized carbons (Fsp3) is 0.357. The maximum absolute atomic E-state index is 11.5. The Hall–Kier alpha value is -2.37. The van der Waals surface area contributed by atoms with E-state index in [1.54, 1.807) is 24.3 Å². The Bertz CT molecular complexity index is 495. The van der Waals surface area contributed by atoms with Crippen LogP contribution in [-0.4, -0.2) is 37.4 Å². The van der Waals surface area contributed by atoms with Gasteiger partial charge in [-0.2, -0.15) is 0 Å². The summed E-state index contributed by atoms with van der Waals surface area (Å²) in [6.45, 7) is 2.73. The Morgan fingerprint density at radius 3 is 2.20 bits per heavy atom. The molecule has 0 saturated carbocycles. The molecule has 0 spiro atoms. The highest BCUT2D eigenvalue weighted by molar-refractivity contribution is 5.94. The Kier molecular flexibility index (Phi) is 5.71. The van der Waals surface area contributed by atoms with Crippen LogP contribution in [0.1, 0.15) is 24.2 Å². The average Bonchev–Trinajstić information content (AvgIpc) is 2.42. The molecule has 1 rings (SSSR count). The second kappa shape index (κ2) is 7.28. The first-order chi connectivity index (χ1) is 9.43. The van der Waals surface area contributed by atoms with E-state index in [2.05, 4.69) is 10.1 Å². The monoisotopic (exact) mass is 279 g/mol. The van der Waals surface area contributed by atoms with Crippen molar-refractivity contribution in [3.05, 3.63) is 29.8 Å². The number of carbonyl (C=O) groups is 3. The zero-order chi connectivity index (χ0) is 15.1. The van der Waals surface area contributed by atoms with Crippen LogP contribution in [0.15, 0.2) is 24.3 Å². The SMILES string of the molecule is COC(=O)C(COc1ccc(C(C)=O)cc1)NC(C)=O. The molecule has 108 valence electrons. The van der Waals surface area contributed by atoms with Gasteiger partial charge in [0, 0.05) is 12.5 Å². The fourth-order valence-corrected chi connectivity index (χ4v) is 1.52. The second-order valence-corrected chi connectivity index (χ2v) is 4.17. The van der Waals surface area contributed by atoms with Gasteiger partial charge in [-0.25, -0.2) is 4.79 Å². The fourth-order valence-electron chi connectivity index (χ4n) is 1.52. The summed E-state index contributed by atoms with van der Waals surface area (Å²) in [6, 6.07) is 5.63. The summed E-state index contributed by atoms with van der Waals surface area (Å²) in [6.07, 6.45) is 0. The third kappa shape index (κ3) is 4.72. The van der Waals surface area contributed by atoms with Gasteiger partial charge in [-0.15, -0.1) is 0 Å². The molecule has 0 heterocycles. The number of ketones is 1. The lowest BCUT2D eigenvalue weighted by Crippen LogP contribution is -2.44. The summed E-state index contributed by atoms with van der Waals surface area (Å²) in [5.74, 6) is -0.479. The topological polar surface area (TPSA) is 81.7 Å². The third-order valence-corrected chi connectivity index (χ3v) is 2.54. The van der Waals surface area contributed by atoms with Gasteiger partial charge in [-0.3, -0.25) is 9.59 Å². The molecule has 0 aliphatic carbocycles. The quantitative estimate of drug-likeness (QED) is 0.619. The molecule has 0 radical (unpaired) electrons. The number of methoxy groups -OCH3 is 1. The Balaban J connectivity index is 2.64. The van der Waals surface area contributed by atoms with Crippen molar-refractivity contribution in [2.45, 2.75) is 19.9 Å². The van der Waals surface area contributed by atoms with E-state index in [0.29, 0.717) is 11.3 Å². The molecule has 1 unspecified atom stereocenters. The standard InChI is InChI=1S/C14H17NO5/c1-9(16)11-4-6-12(7-5-11)20-8-13(14(18)19-3)15-10(2)17/h4-7,13H,8H2,1-3H3,(H,15,17). The number of Topliss-reactive ketones (excluding diaryl/α,β-unsaturated/α-hetero) is 1. The number of carbonyl (C=O) groups excluding carboxylic acids is 3. The van der Waals surface area contributed by atoms with Crippen LogP contribution in [0.2, 0.25) is 0 Å². The molecule has 0 aromatic heterocycles. The minimum Gasteiger partial charge on any atom is -0.491 e. The van der Waals surface area contributed by atoms with Gasteiger partial charge in [0.2, 0.25) is 5.91 Å². The Morgan fingerprint density at radius 1 is 1.15 bits per heavy atom. The van der Waals surface area contributed by atoms with Crippen molar-refractivity contribution in [2.75, 3.05) is 13.7 Å². The molecule has 1 aromatic carbocycles. The number of benzene rings is 1. The lowest BCUT2D eigenvalue weighted by molar-refractivity contribution is -0.145. The smallest absolute Gasteiger partial charge is 0.331 e. The number of ether oxygens (including phenoxy) is 2. The van der Waals surface area contributed by atoms with Crippen molar-refractivity contribution in [1.29, 1.82) is 0 Å². The van der Waals surface area contributed by atoms with Crippen molar-refractivity contribution in [3.8, 4) is 5.75 Å². The van der Waals surface area contributed by atoms with E-state index in [1.165, 1.54) is 21.0 Å². The number of rotatable bonds is 6. The van der Waals surface area contributed by atoms with Crippen LogP contribution in [0.4, 0.5) is 0 Å². The summed E-state index contributed by atoms with van der Waals surface area (Å²) in [5.41, 5.74) is 0.573. The van der Waals surface area contributed by atoms with Crippen LogP contribution in [0.3, 0.4) is 0 Å². The lowest BCUT2D eigenvalue weighted by Gasteiger charge is -2.16. The summed E-state index contributed by atoms with van der Waals surface area (Å²) >= 11 is 0. The molecular weight excluding hydrogens is 262 g/mol. The molecule has 0 bridgehead atoms. The van der Waals surface area contributed by atoms with Crippen LogP contribution in [0, 0.1) is 0 Å². The minimum atomic E-state index is -0.870. The largest absolute Gasteiger partial charge is 0.491 e. The number of amides is 1. The third-order valence-electron chi connectivity index (χ3n) is 2.54. The first-order valence-corrected chi connectivity index (χ1v) is 6.02. The van der Waals surface area contributed by atoms with E-state index in [9.17, 15) is 14.4 Å². The van der Waals surface area contributed by atoms with Crippen LogP contribution in [-0.2, 0) is 14.3 Å². The van der Waals surface area contributed by atoms with Crippen LogP contribution in [0.25, 0.3) is 0 Å². The average molecular weight is 279 g/mol. The molecule has 1 aromatic rings. The number of esters is 1. The van der Waals surface area contributed by atoms with E-state index in [0.717, 1.165) is 0 Å². The normalized spacial score (nSPS) is 11.3. The van der Waals surface area contributed by atoms with E-state index < -0.39 is 12.0 Å². The highest BCUT2D eigenvalue weighted by atomic mass is 16.5. The van der Waals surface area contributed by atoms with Gasteiger partial charge in [0.25, 0.3) is 0 Å². The first kappa shape index (κ1) is 15.7. The Labute approximate surface area is 117 Å². The molecule has 0 saturated heterocycles. The van der Waals surface area contributed by atoms with Crippen molar-refractivity contribution < 1.29 is 23.9 Å². The van der Waals surface area contributed by atoms with Crippen LogP contribution >= 0.6 is 0 Å². The van der Waals surface area contributed by atoms with Crippen molar-refractivity contribution >= 4 is 17.7 Å². The molecule has 1 amide bonds. The maximum Gasteiger partial charge on any atom is 0.331 e. The zero-order valence-electron chi connectivity index (χ0n) is 11.6. The van der Waals surface area contributed by atoms with E-state index in [4.69, 9.17) is 4.74 Å². The van der Waals surface area contributed by atoms with Crippen molar-refractivity contribution in [2.24, 2.45) is 0 Å². The van der Waals surface area contributed by atoms with Gasteiger partial charge in [0.1, 0.15) is 12.4 Å². The summed E-state index contributed by atoms with van der Waals surface area (Å²) in [7, 11) is 1.23. The molecule has 20 heavy (non-hydrogen) atoms. The molecule has 0 fully saturated rings. The molecule has 1 atom stereocenters. The van der Waals surface area contributed by atoms with Crippen LogP contribution in [0.5, 0.6) is 5.75 Å². The predicted octanol–water partition coefficient (Wildman–Crippen LogP) is 0.946. The van der Waals surface area contributed by atoms with E-state index in [-0.39, 0.29) is 18.3 Å². The Morgan fingerprint density at radius 2 is 1.75 bits per heavy atom. The number of hydrogen-bond donors (Lipinski definition) is 1. The van der Waals surface area contributed by atoms with Crippen molar-refractivity contribution in [3.63, 3.8) is 0 Å². The summed E-state index contributed by atoms with van der Waals surface area (Å²) in [5, 5.41) is 2.44. The molecule has 6 nitrogen and oxygen atoms in total. The number of hydrogen-bond acceptors (Lipinski definition) is 5. The zero-order valence-corrected chi connectivity index (χ0v) is 11.6. The molecule has 0 aliphatic rings. The maximum atomic E-state index is 11.5. The van der Waals surface area contributed by atoms with E-state index >= 15 is 0 Å². The second-order valence-electron chi connectivity index (χ2n) is 4.17. The van der Waals surface area contributed by atoms with Gasteiger partial charge in [-0.05, 0) is 31.2 Å². The highest BCUT2D eigenvalue weighted by Crippen LogP contribution is 2.13. The number of nitrogens with one attached hydrogen (secondary N) is 1. The van der Waals surface area contributed by atoms with Gasteiger partial charge < -0.3 is 14.8 Å². The van der Waals surface area contributed by atoms with Gasteiger partial charge in [0.15, 0.2) is 11.8 Å².